The van der Waals surface area contributed by atoms with Crippen molar-refractivity contribution in [3.8, 4) is 0 Å². The molecule has 0 radical (unpaired) electrons. The Morgan fingerprint density at radius 3 is 2.56 bits per heavy atom. The maximum Gasteiger partial charge on any atom is 0.149 e. The fraction of sp³-hybridized carbons (Fsp3) is 0.0769. The Kier molecular flexibility index (Phi) is 4.19. The summed E-state index contributed by atoms with van der Waals surface area (Å²) < 4.78 is 27.0. The van der Waals surface area contributed by atoms with Gasteiger partial charge in [-0.1, -0.05) is 33.6 Å². The van der Waals surface area contributed by atoms with Crippen molar-refractivity contribution in [1.29, 1.82) is 0 Å². The largest absolute Gasteiger partial charge is 0.379 e. The molecule has 18 heavy (non-hydrogen) atoms. The lowest BCUT2D eigenvalue weighted by Gasteiger charge is -2.09. The van der Waals surface area contributed by atoms with E-state index in [1.54, 1.807) is 6.07 Å². The average Bonchev–Trinajstić information content (AvgIpc) is 2.30. The second-order valence-corrected chi connectivity index (χ2v) is 5.04. The standard InChI is InChI=1S/C13H9BrClF2N/c14-9-2-1-8(11(15)5-9)7-18-13-4-3-10(16)6-12(13)17/h1-6,18H,7H2. The highest BCUT2D eigenvalue weighted by atomic mass is 79.9. The summed E-state index contributed by atoms with van der Waals surface area (Å²) in [6.45, 7) is 0.370. The van der Waals surface area contributed by atoms with Crippen LogP contribution in [0, 0.1) is 11.6 Å². The molecule has 0 aliphatic carbocycles. The molecule has 0 aromatic heterocycles. The molecule has 0 spiro atoms. The quantitative estimate of drug-likeness (QED) is 0.834. The first kappa shape index (κ1) is 13.3. The number of rotatable bonds is 3. The molecule has 1 N–H and O–H groups in total. The maximum atomic E-state index is 13.4. The van der Waals surface area contributed by atoms with E-state index >= 15 is 0 Å². The summed E-state index contributed by atoms with van der Waals surface area (Å²) in [6, 6.07) is 8.85. The topological polar surface area (TPSA) is 12.0 Å². The average molecular weight is 333 g/mol. The summed E-state index contributed by atoms with van der Waals surface area (Å²) in [5, 5.41) is 3.46. The molecule has 0 fully saturated rings. The van der Waals surface area contributed by atoms with Crippen LogP contribution >= 0.6 is 27.5 Å². The molecular formula is C13H9BrClF2N. The van der Waals surface area contributed by atoms with Crippen LogP contribution in [0.4, 0.5) is 14.5 Å². The van der Waals surface area contributed by atoms with Gasteiger partial charge in [0.25, 0.3) is 0 Å². The van der Waals surface area contributed by atoms with E-state index in [9.17, 15) is 8.78 Å². The lowest BCUT2D eigenvalue weighted by molar-refractivity contribution is 0.585. The third-order valence-electron chi connectivity index (χ3n) is 2.42. The van der Waals surface area contributed by atoms with Crippen LogP contribution in [0.1, 0.15) is 5.56 Å². The Balaban J connectivity index is 2.11. The van der Waals surface area contributed by atoms with E-state index in [1.807, 2.05) is 12.1 Å². The third kappa shape index (κ3) is 3.21. The smallest absolute Gasteiger partial charge is 0.149 e. The number of halogens is 4. The van der Waals surface area contributed by atoms with Crippen molar-refractivity contribution < 1.29 is 8.78 Å². The van der Waals surface area contributed by atoms with E-state index < -0.39 is 11.6 Å². The van der Waals surface area contributed by atoms with Gasteiger partial charge in [0.1, 0.15) is 11.6 Å². The molecule has 0 aliphatic rings. The Morgan fingerprint density at radius 1 is 1.11 bits per heavy atom. The van der Waals surface area contributed by atoms with Crippen LogP contribution in [0.5, 0.6) is 0 Å². The minimum Gasteiger partial charge on any atom is -0.379 e. The van der Waals surface area contributed by atoms with Gasteiger partial charge in [0, 0.05) is 22.1 Å². The number of benzene rings is 2. The summed E-state index contributed by atoms with van der Waals surface area (Å²) in [5.74, 6) is -1.22. The van der Waals surface area contributed by atoms with Gasteiger partial charge in [-0.2, -0.15) is 0 Å². The van der Waals surface area contributed by atoms with E-state index in [1.165, 1.54) is 12.1 Å². The van der Waals surface area contributed by atoms with Crippen molar-refractivity contribution in [2.45, 2.75) is 6.54 Å². The highest BCUT2D eigenvalue weighted by molar-refractivity contribution is 9.10. The predicted molar refractivity (Wildman–Crippen MR) is 72.8 cm³/mol. The summed E-state index contributed by atoms with van der Waals surface area (Å²) in [4.78, 5) is 0. The summed E-state index contributed by atoms with van der Waals surface area (Å²) in [6.07, 6.45) is 0. The zero-order valence-corrected chi connectivity index (χ0v) is 11.5. The van der Waals surface area contributed by atoms with Gasteiger partial charge in [0.15, 0.2) is 0 Å². The predicted octanol–water partition coefficient (Wildman–Crippen LogP) is 4.99. The lowest BCUT2D eigenvalue weighted by atomic mass is 10.2. The van der Waals surface area contributed by atoms with Crippen molar-refractivity contribution in [3.05, 3.63) is 63.1 Å². The van der Waals surface area contributed by atoms with Gasteiger partial charge in [-0.25, -0.2) is 8.78 Å². The third-order valence-corrected chi connectivity index (χ3v) is 3.26. The molecule has 0 heterocycles. The Labute approximate surface area is 117 Å². The Morgan fingerprint density at radius 2 is 1.89 bits per heavy atom. The van der Waals surface area contributed by atoms with E-state index in [0.29, 0.717) is 11.6 Å². The first-order valence-electron chi connectivity index (χ1n) is 5.19. The van der Waals surface area contributed by atoms with Crippen molar-refractivity contribution in [3.63, 3.8) is 0 Å². The van der Waals surface area contributed by atoms with Crippen molar-refractivity contribution >= 4 is 33.2 Å². The van der Waals surface area contributed by atoms with Gasteiger partial charge in [-0.3, -0.25) is 0 Å². The number of nitrogens with one attached hydrogen (secondary N) is 1. The van der Waals surface area contributed by atoms with Gasteiger partial charge < -0.3 is 5.32 Å². The molecule has 0 amide bonds. The lowest BCUT2D eigenvalue weighted by Crippen LogP contribution is -2.02. The molecule has 2 aromatic carbocycles. The van der Waals surface area contributed by atoms with E-state index in [-0.39, 0.29) is 5.69 Å². The normalized spacial score (nSPS) is 10.4. The molecule has 0 unspecified atom stereocenters. The molecule has 0 saturated carbocycles. The van der Waals surface area contributed by atoms with E-state index in [4.69, 9.17) is 11.6 Å². The molecule has 0 atom stereocenters. The molecule has 1 nitrogen and oxygen atoms in total. The van der Waals surface area contributed by atoms with Gasteiger partial charge in [-0.05, 0) is 29.8 Å². The number of hydrogen-bond donors (Lipinski definition) is 1. The number of anilines is 1. The number of hydrogen-bond acceptors (Lipinski definition) is 1. The van der Waals surface area contributed by atoms with E-state index in [2.05, 4.69) is 21.2 Å². The fourth-order valence-corrected chi connectivity index (χ4v) is 2.23. The maximum absolute atomic E-state index is 13.4. The molecule has 5 heteroatoms. The van der Waals surface area contributed by atoms with Crippen LogP contribution in [0.25, 0.3) is 0 Å². The monoisotopic (exact) mass is 331 g/mol. The SMILES string of the molecule is Fc1ccc(NCc2ccc(Br)cc2Cl)c(F)c1. The van der Waals surface area contributed by atoms with Crippen molar-refractivity contribution in [2.75, 3.05) is 5.32 Å². The van der Waals surface area contributed by atoms with Crippen molar-refractivity contribution in [2.24, 2.45) is 0 Å². The van der Waals surface area contributed by atoms with Crippen LogP contribution in [-0.2, 0) is 6.54 Å². The molecule has 0 saturated heterocycles. The van der Waals surface area contributed by atoms with Crippen LogP contribution in [0.2, 0.25) is 5.02 Å². The molecule has 94 valence electrons. The highest BCUT2D eigenvalue weighted by Crippen LogP contribution is 2.23. The van der Waals surface area contributed by atoms with Crippen LogP contribution < -0.4 is 5.32 Å². The summed E-state index contributed by atoms with van der Waals surface area (Å²) >= 11 is 9.34. The zero-order chi connectivity index (χ0) is 13.1. The summed E-state index contributed by atoms with van der Waals surface area (Å²) in [5.41, 5.74) is 1.08. The zero-order valence-electron chi connectivity index (χ0n) is 9.18. The minimum absolute atomic E-state index is 0.246. The first-order valence-corrected chi connectivity index (χ1v) is 6.36. The van der Waals surface area contributed by atoms with Crippen LogP contribution in [0.15, 0.2) is 40.9 Å². The van der Waals surface area contributed by atoms with Gasteiger partial charge >= 0.3 is 0 Å². The molecule has 2 rings (SSSR count). The second kappa shape index (κ2) is 5.67. The van der Waals surface area contributed by atoms with Gasteiger partial charge in [0.05, 0.1) is 5.69 Å². The highest BCUT2D eigenvalue weighted by Gasteiger charge is 2.05. The van der Waals surface area contributed by atoms with Crippen LogP contribution in [0.3, 0.4) is 0 Å². The molecular weight excluding hydrogens is 324 g/mol. The minimum atomic E-state index is -0.622. The molecule has 0 bridgehead atoms. The van der Waals surface area contributed by atoms with Crippen molar-refractivity contribution in [1.82, 2.24) is 0 Å². The Bertz CT molecular complexity index is 523. The molecule has 0 aliphatic heterocycles. The fourth-order valence-electron chi connectivity index (χ4n) is 1.49. The second-order valence-electron chi connectivity index (χ2n) is 3.71. The van der Waals surface area contributed by atoms with Crippen LogP contribution in [-0.4, -0.2) is 0 Å². The first-order chi connectivity index (χ1) is 8.56. The van der Waals surface area contributed by atoms with Gasteiger partial charge in [0.2, 0.25) is 0 Å². The van der Waals surface area contributed by atoms with E-state index in [0.717, 1.165) is 16.1 Å². The molecule has 2 aromatic rings. The Hall–Kier alpha value is -1.13. The van der Waals surface area contributed by atoms with Gasteiger partial charge in [-0.15, -0.1) is 0 Å². The summed E-state index contributed by atoms with van der Waals surface area (Å²) in [7, 11) is 0.